The predicted octanol–water partition coefficient (Wildman–Crippen LogP) is 3.00. The zero-order valence-corrected chi connectivity index (χ0v) is 14.5. The van der Waals surface area contributed by atoms with Crippen molar-refractivity contribution in [2.75, 3.05) is 12.8 Å². The van der Waals surface area contributed by atoms with Crippen molar-refractivity contribution in [2.45, 2.75) is 30.2 Å². The first-order valence-corrected chi connectivity index (χ1v) is 9.98. The van der Waals surface area contributed by atoms with Crippen LogP contribution in [-0.2, 0) is 21.1 Å². The SMILES string of the molecule is CS(=O)(=O)c1cccc(CC(=O)N2CCC[C@@H]2c2ccccc2)c1. The van der Waals surface area contributed by atoms with Gasteiger partial charge in [-0.3, -0.25) is 4.79 Å². The van der Waals surface area contributed by atoms with Gasteiger partial charge in [-0.1, -0.05) is 42.5 Å². The second-order valence-corrected chi connectivity index (χ2v) is 8.27. The molecule has 3 rings (SSSR count). The summed E-state index contributed by atoms with van der Waals surface area (Å²) in [5, 5.41) is 0. The van der Waals surface area contributed by atoms with Crippen LogP contribution in [0.4, 0.5) is 0 Å². The highest BCUT2D eigenvalue weighted by Gasteiger charge is 2.29. The van der Waals surface area contributed by atoms with Gasteiger partial charge in [0.05, 0.1) is 17.4 Å². The van der Waals surface area contributed by atoms with Crippen LogP contribution in [0.5, 0.6) is 0 Å². The molecule has 5 heteroatoms. The maximum Gasteiger partial charge on any atom is 0.227 e. The molecule has 24 heavy (non-hydrogen) atoms. The largest absolute Gasteiger partial charge is 0.335 e. The Kier molecular flexibility index (Phi) is 4.71. The molecule has 0 N–H and O–H groups in total. The number of carbonyl (C=O) groups is 1. The molecule has 0 unspecified atom stereocenters. The fourth-order valence-corrected chi connectivity index (χ4v) is 3.94. The van der Waals surface area contributed by atoms with E-state index in [1.165, 1.54) is 6.26 Å². The standard InChI is InChI=1S/C19H21NO3S/c1-24(22,23)17-10-5-7-15(13-17)14-19(21)20-12-6-11-18(20)16-8-3-2-4-9-16/h2-5,7-10,13,18H,6,11-12,14H2,1H3/t18-/m1/s1. The average molecular weight is 343 g/mol. The number of hydrogen-bond donors (Lipinski definition) is 0. The second-order valence-electron chi connectivity index (χ2n) is 6.25. The average Bonchev–Trinajstić information content (AvgIpc) is 3.05. The predicted molar refractivity (Wildman–Crippen MR) is 93.4 cm³/mol. The maximum atomic E-state index is 12.7. The number of rotatable bonds is 4. The summed E-state index contributed by atoms with van der Waals surface area (Å²) in [5.74, 6) is 0.0482. The van der Waals surface area contributed by atoms with Crippen molar-refractivity contribution in [1.82, 2.24) is 4.90 Å². The molecule has 0 bridgehead atoms. The lowest BCUT2D eigenvalue weighted by Crippen LogP contribution is -2.31. The van der Waals surface area contributed by atoms with Crippen LogP contribution in [-0.4, -0.2) is 32.0 Å². The maximum absolute atomic E-state index is 12.7. The van der Waals surface area contributed by atoms with E-state index in [0.29, 0.717) is 0 Å². The van der Waals surface area contributed by atoms with Crippen molar-refractivity contribution in [2.24, 2.45) is 0 Å². The highest BCUT2D eigenvalue weighted by Crippen LogP contribution is 2.32. The molecule has 1 amide bonds. The van der Waals surface area contributed by atoms with Gasteiger partial charge in [0.25, 0.3) is 0 Å². The summed E-state index contributed by atoms with van der Waals surface area (Å²) < 4.78 is 23.3. The first kappa shape index (κ1) is 16.7. The van der Waals surface area contributed by atoms with Crippen molar-refractivity contribution < 1.29 is 13.2 Å². The number of likely N-dealkylation sites (tertiary alicyclic amines) is 1. The van der Waals surface area contributed by atoms with Gasteiger partial charge in [-0.05, 0) is 36.1 Å². The summed E-state index contributed by atoms with van der Waals surface area (Å²) in [6.07, 6.45) is 3.38. The second kappa shape index (κ2) is 6.77. The number of carbonyl (C=O) groups excluding carboxylic acids is 1. The lowest BCUT2D eigenvalue weighted by atomic mass is 10.0. The molecule has 1 atom stereocenters. The van der Waals surface area contributed by atoms with Crippen LogP contribution in [0.25, 0.3) is 0 Å². The third-order valence-corrected chi connectivity index (χ3v) is 5.55. The molecule has 4 nitrogen and oxygen atoms in total. The molecule has 1 saturated heterocycles. The Morgan fingerprint density at radius 2 is 1.88 bits per heavy atom. The lowest BCUT2D eigenvalue weighted by molar-refractivity contribution is -0.131. The van der Waals surface area contributed by atoms with Gasteiger partial charge in [0.2, 0.25) is 5.91 Å². The van der Waals surface area contributed by atoms with Crippen molar-refractivity contribution in [3.05, 3.63) is 65.7 Å². The smallest absolute Gasteiger partial charge is 0.227 e. The van der Waals surface area contributed by atoms with E-state index in [4.69, 9.17) is 0 Å². The quantitative estimate of drug-likeness (QED) is 0.857. The minimum absolute atomic E-state index is 0.0482. The Bertz CT molecular complexity index is 831. The van der Waals surface area contributed by atoms with Gasteiger partial charge in [0, 0.05) is 12.8 Å². The Morgan fingerprint density at radius 1 is 1.12 bits per heavy atom. The van der Waals surface area contributed by atoms with Crippen LogP contribution in [0, 0.1) is 0 Å². The van der Waals surface area contributed by atoms with E-state index < -0.39 is 9.84 Å². The summed E-state index contributed by atoms with van der Waals surface area (Å²) in [6, 6.07) is 16.8. The Labute approximate surface area is 143 Å². The van der Waals surface area contributed by atoms with Crippen molar-refractivity contribution in [3.8, 4) is 0 Å². The molecule has 2 aromatic rings. The van der Waals surface area contributed by atoms with Crippen LogP contribution in [0.15, 0.2) is 59.5 Å². The molecule has 0 aliphatic carbocycles. The highest BCUT2D eigenvalue weighted by molar-refractivity contribution is 7.90. The zero-order valence-electron chi connectivity index (χ0n) is 13.7. The normalized spacial score (nSPS) is 17.9. The van der Waals surface area contributed by atoms with Crippen LogP contribution >= 0.6 is 0 Å². The number of hydrogen-bond acceptors (Lipinski definition) is 3. The summed E-state index contributed by atoms with van der Waals surface area (Å²) in [5.41, 5.74) is 1.90. The summed E-state index contributed by atoms with van der Waals surface area (Å²) in [4.78, 5) is 14.9. The minimum atomic E-state index is -3.26. The molecule has 0 spiro atoms. The molecule has 126 valence electrons. The summed E-state index contributed by atoms with van der Waals surface area (Å²) >= 11 is 0. The molecule has 1 heterocycles. The van der Waals surface area contributed by atoms with E-state index >= 15 is 0 Å². The molecule has 0 saturated carbocycles. The van der Waals surface area contributed by atoms with Crippen molar-refractivity contribution in [1.29, 1.82) is 0 Å². The first-order valence-electron chi connectivity index (χ1n) is 8.08. The summed E-state index contributed by atoms with van der Waals surface area (Å²) in [6.45, 7) is 0.754. The van der Waals surface area contributed by atoms with Crippen molar-refractivity contribution in [3.63, 3.8) is 0 Å². The van der Waals surface area contributed by atoms with Crippen LogP contribution in [0.3, 0.4) is 0 Å². The third-order valence-electron chi connectivity index (χ3n) is 4.44. The minimum Gasteiger partial charge on any atom is -0.335 e. The fraction of sp³-hybridized carbons (Fsp3) is 0.316. The van der Waals surface area contributed by atoms with E-state index in [0.717, 1.165) is 30.5 Å². The topological polar surface area (TPSA) is 54.5 Å². The molecule has 2 aromatic carbocycles. The van der Waals surface area contributed by atoms with Gasteiger partial charge in [-0.15, -0.1) is 0 Å². The van der Waals surface area contributed by atoms with E-state index in [-0.39, 0.29) is 23.3 Å². The number of sulfone groups is 1. The zero-order chi connectivity index (χ0) is 17.2. The first-order chi connectivity index (χ1) is 11.4. The molecular formula is C19H21NO3S. The van der Waals surface area contributed by atoms with Gasteiger partial charge in [0.1, 0.15) is 0 Å². The molecule has 0 radical (unpaired) electrons. The molecule has 1 aliphatic heterocycles. The number of amides is 1. The molecule has 1 aliphatic rings. The van der Waals surface area contributed by atoms with E-state index in [1.54, 1.807) is 24.3 Å². The molecular weight excluding hydrogens is 322 g/mol. The fourth-order valence-electron chi connectivity index (χ4n) is 3.25. The van der Waals surface area contributed by atoms with Gasteiger partial charge in [0.15, 0.2) is 9.84 Å². The summed E-state index contributed by atoms with van der Waals surface area (Å²) in [7, 11) is -3.26. The lowest BCUT2D eigenvalue weighted by Gasteiger charge is -2.25. The van der Waals surface area contributed by atoms with E-state index in [9.17, 15) is 13.2 Å². The monoisotopic (exact) mass is 343 g/mol. The molecule has 1 fully saturated rings. The van der Waals surface area contributed by atoms with Crippen LogP contribution < -0.4 is 0 Å². The van der Waals surface area contributed by atoms with Gasteiger partial charge in [-0.2, -0.15) is 0 Å². The Balaban J connectivity index is 1.77. The molecule has 0 aromatic heterocycles. The van der Waals surface area contributed by atoms with E-state index in [1.807, 2.05) is 23.1 Å². The third kappa shape index (κ3) is 3.67. The number of benzene rings is 2. The Hall–Kier alpha value is -2.14. The van der Waals surface area contributed by atoms with Gasteiger partial charge in [-0.25, -0.2) is 8.42 Å². The van der Waals surface area contributed by atoms with Gasteiger partial charge >= 0.3 is 0 Å². The van der Waals surface area contributed by atoms with E-state index in [2.05, 4.69) is 12.1 Å². The highest BCUT2D eigenvalue weighted by atomic mass is 32.2. The Morgan fingerprint density at radius 3 is 2.58 bits per heavy atom. The van der Waals surface area contributed by atoms with Crippen LogP contribution in [0.2, 0.25) is 0 Å². The van der Waals surface area contributed by atoms with Gasteiger partial charge < -0.3 is 4.90 Å². The van der Waals surface area contributed by atoms with Crippen LogP contribution in [0.1, 0.15) is 30.0 Å². The van der Waals surface area contributed by atoms with Crippen molar-refractivity contribution >= 4 is 15.7 Å². The number of nitrogens with zero attached hydrogens (tertiary/aromatic N) is 1.